The molecule has 5 heteroatoms. The van der Waals surface area contributed by atoms with Crippen LogP contribution in [0.4, 0.5) is 5.69 Å². The number of nitrogen functional groups attached to an aromatic ring is 1. The predicted molar refractivity (Wildman–Crippen MR) is 60.5 cm³/mol. The summed E-state index contributed by atoms with van der Waals surface area (Å²) in [4.78, 5) is 10.6. The molecule has 88 valence electrons. The Kier molecular flexibility index (Phi) is 4.28. The molecule has 0 heterocycles. The molecule has 0 radical (unpaired) electrons. The average Bonchev–Trinajstić information content (AvgIpc) is 2.25. The number of para-hydroxylation sites is 1. The van der Waals surface area contributed by atoms with E-state index in [9.17, 15) is 15.0 Å². The van der Waals surface area contributed by atoms with Gasteiger partial charge in [0.15, 0.2) is 0 Å². The molecule has 0 bridgehead atoms. The molecule has 0 saturated heterocycles. The summed E-state index contributed by atoms with van der Waals surface area (Å²) in [7, 11) is 0. The third kappa shape index (κ3) is 3.22. The second-order valence-electron chi connectivity index (χ2n) is 3.58. The molecule has 2 atom stereocenters. The van der Waals surface area contributed by atoms with Gasteiger partial charge in [-0.25, -0.2) is 0 Å². The predicted octanol–water partition coefficient (Wildman–Crippen LogP) is -0.201. The molecule has 0 aliphatic rings. The quantitative estimate of drug-likeness (QED) is 0.532. The Bertz CT molecular complexity index is 368. The van der Waals surface area contributed by atoms with Crippen molar-refractivity contribution < 1.29 is 15.0 Å². The van der Waals surface area contributed by atoms with Crippen molar-refractivity contribution >= 4 is 11.6 Å². The maximum Gasteiger partial charge on any atom is 0.216 e. The smallest absolute Gasteiger partial charge is 0.216 e. The van der Waals surface area contributed by atoms with Crippen molar-refractivity contribution in [3.8, 4) is 0 Å². The molecular formula is C11H16N2O3. The van der Waals surface area contributed by atoms with Crippen molar-refractivity contribution in [2.75, 3.05) is 12.3 Å². The molecule has 1 aromatic rings. The summed E-state index contributed by atoms with van der Waals surface area (Å²) in [5.74, 6) is -0.257. The van der Waals surface area contributed by atoms with Crippen molar-refractivity contribution in [3.05, 3.63) is 29.8 Å². The second kappa shape index (κ2) is 5.48. The van der Waals surface area contributed by atoms with Gasteiger partial charge in [-0.05, 0) is 6.07 Å². The van der Waals surface area contributed by atoms with Crippen molar-refractivity contribution in [2.24, 2.45) is 0 Å². The Hall–Kier alpha value is -1.59. The lowest BCUT2D eigenvalue weighted by Crippen LogP contribution is -2.34. The normalized spacial score (nSPS) is 14.2. The van der Waals surface area contributed by atoms with Crippen LogP contribution in [0.2, 0.25) is 0 Å². The molecule has 0 fully saturated rings. The summed E-state index contributed by atoms with van der Waals surface area (Å²) < 4.78 is 0. The third-order valence-corrected chi connectivity index (χ3v) is 2.24. The fourth-order valence-electron chi connectivity index (χ4n) is 1.35. The van der Waals surface area contributed by atoms with Gasteiger partial charge in [0.1, 0.15) is 12.2 Å². The van der Waals surface area contributed by atoms with Crippen LogP contribution in [0.3, 0.4) is 0 Å². The molecule has 0 aliphatic carbocycles. The van der Waals surface area contributed by atoms with Crippen LogP contribution in [0, 0.1) is 0 Å². The number of carbonyl (C=O) groups is 1. The van der Waals surface area contributed by atoms with Gasteiger partial charge >= 0.3 is 0 Å². The van der Waals surface area contributed by atoms with Crippen molar-refractivity contribution in [3.63, 3.8) is 0 Å². The summed E-state index contributed by atoms with van der Waals surface area (Å²) >= 11 is 0. The number of carbonyl (C=O) groups excluding carboxylic acids is 1. The SMILES string of the molecule is CC(=O)NCC(O)C(O)c1ccccc1N. The van der Waals surface area contributed by atoms with Gasteiger partial charge in [0, 0.05) is 24.7 Å². The van der Waals surface area contributed by atoms with Crippen LogP contribution in [0.5, 0.6) is 0 Å². The fourth-order valence-corrected chi connectivity index (χ4v) is 1.35. The zero-order chi connectivity index (χ0) is 12.1. The van der Waals surface area contributed by atoms with Crippen LogP contribution >= 0.6 is 0 Å². The Balaban J connectivity index is 2.66. The van der Waals surface area contributed by atoms with Gasteiger partial charge < -0.3 is 21.3 Å². The Labute approximate surface area is 93.9 Å². The summed E-state index contributed by atoms with van der Waals surface area (Å²) in [6.07, 6.45) is -2.18. The minimum absolute atomic E-state index is 0.00909. The fraction of sp³-hybridized carbons (Fsp3) is 0.364. The van der Waals surface area contributed by atoms with Gasteiger partial charge in [-0.2, -0.15) is 0 Å². The highest BCUT2D eigenvalue weighted by Crippen LogP contribution is 2.22. The van der Waals surface area contributed by atoms with E-state index in [4.69, 9.17) is 5.73 Å². The summed E-state index contributed by atoms with van der Waals surface area (Å²) in [6.45, 7) is 1.33. The Morgan fingerprint density at radius 2 is 2.06 bits per heavy atom. The largest absolute Gasteiger partial charge is 0.398 e. The summed E-state index contributed by atoms with van der Waals surface area (Å²) in [5, 5.41) is 21.9. The van der Waals surface area contributed by atoms with Crippen LogP contribution in [0.15, 0.2) is 24.3 Å². The van der Waals surface area contributed by atoms with Gasteiger partial charge in [-0.3, -0.25) is 4.79 Å². The second-order valence-corrected chi connectivity index (χ2v) is 3.58. The van der Waals surface area contributed by atoms with Crippen molar-refractivity contribution in [2.45, 2.75) is 19.1 Å². The lowest BCUT2D eigenvalue weighted by atomic mass is 10.0. The van der Waals surface area contributed by atoms with Gasteiger partial charge in [0.05, 0.1) is 0 Å². The molecule has 0 spiro atoms. The highest BCUT2D eigenvalue weighted by atomic mass is 16.3. The highest BCUT2D eigenvalue weighted by Gasteiger charge is 2.20. The number of anilines is 1. The van der Waals surface area contributed by atoms with E-state index in [-0.39, 0.29) is 12.5 Å². The van der Waals surface area contributed by atoms with Crippen LogP contribution in [-0.2, 0) is 4.79 Å². The number of nitrogens with two attached hydrogens (primary N) is 1. The Morgan fingerprint density at radius 3 is 2.62 bits per heavy atom. The number of aliphatic hydroxyl groups excluding tert-OH is 2. The van der Waals surface area contributed by atoms with E-state index in [1.165, 1.54) is 6.92 Å². The minimum Gasteiger partial charge on any atom is -0.398 e. The van der Waals surface area contributed by atoms with Gasteiger partial charge in [-0.1, -0.05) is 18.2 Å². The number of amides is 1. The number of benzene rings is 1. The van der Waals surface area contributed by atoms with E-state index in [1.807, 2.05) is 0 Å². The van der Waals surface area contributed by atoms with Gasteiger partial charge in [-0.15, -0.1) is 0 Å². The molecule has 0 aromatic heterocycles. The minimum atomic E-state index is -1.10. The van der Waals surface area contributed by atoms with E-state index < -0.39 is 12.2 Å². The number of aliphatic hydroxyl groups is 2. The van der Waals surface area contributed by atoms with E-state index >= 15 is 0 Å². The number of hydrogen-bond donors (Lipinski definition) is 4. The van der Waals surface area contributed by atoms with Gasteiger partial charge in [0.25, 0.3) is 0 Å². The first-order valence-corrected chi connectivity index (χ1v) is 4.97. The molecule has 0 aliphatic heterocycles. The number of hydrogen-bond acceptors (Lipinski definition) is 4. The van der Waals surface area contributed by atoms with Crippen molar-refractivity contribution in [1.82, 2.24) is 5.32 Å². The lowest BCUT2D eigenvalue weighted by Gasteiger charge is -2.19. The lowest BCUT2D eigenvalue weighted by molar-refractivity contribution is -0.119. The Morgan fingerprint density at radius 1 is 1.44 bits per heavy atom. The van der Waals surface area contributed by atoms with Crippen LogP contribution in [0.25, 0.3) is 0 Å². The molecule has 16 heavy (non-hydrogen) atoms. The third-order valence-electron chi connectivity index (χ3n) is 2.24. The molecule has 1 aromatic carbocycles. The summed E-state index contributed by atoms with van der Waals surface area (Å²) in [5.41, 5.74) is 6.53. The van der Waals surface area contributed by atoms with E-state index in [1.54, 1.807) is 24.3 Å². The number of rotatable bonds is 4. The topological polar surface area (TPSA) is 95.6 Å². The standard InChI is InChI=1S/C11H16N2O3/c1-7(14)13-6-10(15)11(16)8-4-2-3-5-9(8)12/h2-5,10-11,15-16H,6,12H2,1H3,(H,13,14). The zero-order valence-corrected chi connectivity index (χ0v) is 9.05. The molecule has 2 unspecified atom stereocenters. The maximum absolute atomic E-state index is 10.6. The van der Waals surface area contributed by atoms with Gasteiger partial charge in [0.2, 0.25) is 5.91 Å². The van der Waals surface area contributed by atoms with Crippen LogP contribution in [-0.4, -0.2) is 28.8 Å². The molecule has 5 N–H and O–H groups in total. The maximum atomic E-state index is 10.6. The summed E-state index contributed by atoms with van der Waals surface area (Å²) in [6, 6.07) is 6.74. The van der Waals surface area contributed by atoms with E-state index in [0.29, 0.717) is 11.3 Å². The van der Waals surface area contributed by atoms with Crippen LogP contribution in [0.1, 0.15) is 18.6 Å². The monoisotopic (exact) mass is 224 g/mol. The molecule has 5 nitrogen and oxygen atoms in total. The van der Waals surface area contributed by atoms with Crippen molar-refractivity contribution in [1.29, 1.82) is 0 Å². The van der Waals surface area contributed by atoms with E-state index in [0.717, 1.165) is 0 Å². The first kappa shape index (κ1) is 12.5. The molecule has 0 saturated carbocycles. The molecular weight excluding hydrogens is 208 g/mol. The highest BCUT2D eigenvalue weighted by molar-refractivity contribution is 5.72. The first-order valence-electron chi connectivity index (χ1n) is 4.97. The first-order chi connectivity index (χ1) is 7.52. The van der Waals surface area contributed by atoms with Crippen LogP contribution < -0.4 is 11.1 Å². The number of nitrogens with one attached hydrogen (secondary N) is 1. The zero-order valence-electron chi connectivity index (χ0n) is 9.05. The average molecular weight is 224 g/mol. The van der Waals surface area contributed by atoms with E-state index in [2.05, 4.69) is 5.32 Å². The molecule has 1 rings (SSSR count). The molecule has 1 amide bonds.